The Balaban J connectivity index is 2.33. The first-order chi connectivity index (χ1) is 10.2. The molecule has 0 aliphatic carbocycles. The summed E-state index contributed by atoms with van der Waals surface area (Å²) in [5.41, 5.74) is 4.49. The standard InChI is InChI=1S/C17H19NO3/c1-20-15-10-6-9-14(11-15)16(12-17(19)18-21-2)13-7-4-3-5-8-13/h3-11,16H,12H2,1-2H3,(H,18,19). The Bertz CT molecular complexity index is 584. The first-order valence-corrected chi connectivity index (χ1v) is 6.75. The molecule has 0 spiro atoms. The number of carbonyl (C=O) groups excluding carboxylic acids is 1. The molecule has 0 fully saturated rings. The van der Waals surface area contributed by atoms with Gasteiger partial charge >= 0.3 is 0 Å². The number of methoxy groups -OCH3 is 1. The molecule has 0 saturated heterocycles. The molecule has 2 aromatic carbocycles. The van der Waals surface area contributed by atoms with Gasteiger partial charge in [0, 0.05) is 12.3 Å². The molecule has 4 nitrogen and oxygen atoms in total. The quantitative estimate of drug-likeness (QED) is 0.830. The lowest BCUT2D eigenvalue weighted by Gasteiger charge is -2.18. The molecule has 2 rings (SSSR count). The van der Waals surface area contributed by atoms with Crippen molar-refractivity contribution in [1.82, 2.24) is 5.48 Å². The van der Waals surface area contributed by atoms with Gasteiger partial charge in [0.15, 0.2) is 0 Å². The molecule has 0 aromatic heterocycles. The molecular weight excluding hydrogens is 266 g/mol. The van der Waals surface area contributed by atoms with E-state index in [9.17, 15) is 4.79 Å². The van der Waals surface area contributed by atoms with Crippen molar-refractivity contribution in [3.8, 4) is 5.75 Å². The van der Waals surface area contributed by atoms with Crippen LogP contribution in [0.4, 0.5) is 0 Å². The fraction of sp³-hybridized carbons (Fsp3) is 0.235. The average Bonchev–Trinajstić information content (AvgIpc) is 2.54. The highest BCUT2D eigenvalue weighted by Gasteiger charge is 2.18. The normalized spacial score (nSPS) is 11.7. The Morgan fingerprint density at radius 1 is 1.05 bits per heavy atom. The number of nitrogens with one attached hydrogen (secondary N) is 1. The fourth-order valence-electron chi connectivity index (χ4n) is 2.31. The maximum absolute atomic E-state index is 11.9. The average molecular weight is 285 g/mol. The Morgan fingerprint density at radius 3 is 2.43 bits per heavy atom. The highest BCUT2D eigenvalue weighted by Crippen LogP contribution is 2.30. The van der Waals surface area contributed by atoms with E-state index in [1.807, 2.05) is 54.6 Å². The lowest BCUT2D eigenvalue weighted by atomic mass is 9.88. The van der Waals surface area contributed by atoms with Crippen molar-refractivity contribution in [2.24, 2.45) is 0 Å². The zero-order valence-corrected chi connectivity index (χ0v) is 12.2. The van der Waals surface area contributed by atoms with E-state index >= 15 is 0 Å². The van der Waals surface area contributed by atoms with Crippen LogP contribution in [0.5, 0.6) is 5.75 Å². The van der Waals surface area contributed by atoms with Crippen LogP contribution in [0.15, 0.2) is 54.6 Å². The molecule has 1 N–H and O–H groups in total. The number of hydroxylamine groups is 1. The van der Waals surface area contributed by atoms with Gasteiger partial charge in [-0.15, -0.1) is 0 Å². The predicted octanol–water partition coefficient (Wildman–Crippen LogP) is 2.89. The Morgan fingerprint density at radius 2 is 1.76 bits per heavy atom. The number of carbonyl (C=O) groups is 1. The number of rotatable bonds is 6. The minimum absolute atomic E-state index is 0.0450. The molecule has 0 aliphatic rings. The van der Waals surface area contributed by atoms with Crippen LogP contribution >= 0.6 is 0 Å². The number of hydrogen-bond acceptors (Lipinski definition) is 3. The first-order valence-electron chi connectivity index (χ1n) is 6.75. The molecule has 110 valence electrons. The lowest BCUT2D eigenvalue weighted by molar-refractivity contribution is -0.131. The van der Waals surface area contributed by atoms with E-state index in [2.05, 4.69) is 5.48 Å². The van der Waals surface area contributed by atoms with E-state index < -0.39 is 0 Å². The van der Waals surface area contributed by atoms with Gasteiger partial charge in [0.2, 0.25) is 5.91 Å². The van der Waals surface area contributed by atoms with Crippen LogP contribution in [-0.2, 0) is 9.63 Å². The third-order valence-electron chi connectivity index (χ3n) is 3.30. The van der Waals surface area contributed by atoms with E-state index in [1.54, 1.807) is 7.11 Å². The minimum atomic E-state index is -0.158. The molecule has 0 radical (unpaired) electrons. The largest absolute Gasteiger partial charge is 0.497 e. The zero-order valence-electron chi connectivity index (χ0n) is 12.2. The van der Waals surface area contributed by atoms with Gasteiger partial charge in [0.1, 0.15) is 5.75 Å². The van der Waals surface area contributed by atoms with E-state index in [-0.39, 0.29) is 11.8 Å². The van der Waals surface area contributed by atoms with Crippen molar-refractivity contribution >= 4 is 5.91 Å². The maximum Gasteiger partial charge on any atom is 0.244 e. The van der Waals surface area contributed by atoms with E-state index in [0.717, 1.165) is 16.9 Å². The van der Waals surface area contributed by atoms with Crippen molar-refractivity contribution < 1.29 is 14.4 Å². The van der Waals surface area contributed by atoms with Crippen LogP contribution in [-0.4, -0.2) is 20.1 Å². The molecule has 4 heteroatoms. The van der Waals surface area contributed by atoms with Crippen LogP contribution in [0, 0.1) is 0 Å². The van der Waals surface area contributed by atoms with Crippen LogP contribution in [0.3, 0.4) is 0 Å². The summed E-state index contributed by atoms with van der Waals surface area (Å²) in [4.78, 5) is 16.6. The van der Waals surface area contributed by atoms with Crippen molar-refractivity contribution in [1.29, 1.82) is 0 Å². The minimum Gasteiger partial charge on any atom is -0.497 e. The summed E-state index contributed by atoms with van der Waals surface area (Å²) in [6.07, 6.45) is 0.311. The van der Waals surface area contributed by atoms with Crippen LogP contribution in [0.2, 0.25) is 0 Å². The van der Waals surface area contributed by atoms with Gasteiger partial charge in [-0.1, -0.05) is 42.5 Å². The Kier molecular flexibility index (Phi) is 5.35. The van der Waals surface area contributed by atoms with E-state index in [1.165, 1.54) is 7.11 Å². The number of amides is 1. The lowest BCUT2D eigenvalue weighted by Crippen LogP contribution is -2.24. The summed E-state index contributed by atoms with van der Waals surface area (Å²) in [5.74, 6) is 0.575. The van der Waals surface area contributed by atoms with Crippen molar-refractivity contribution in [3.63, 3.8) is 0 Å². The van der Waals surface area contributed by atoms with E-state index in [4.69, 9.17) is 9.57 Å². The SMILES string of the molecule is CONC(=O)CC(c1ccccc1)c1cccc(OC)c1. The summed E-state index contributed by atoms with van der Waals surface area (Å²) in [7, 11) is 3.06. The third-order valence-corrected chi connectivity index (χ3v) is 3.30. The monoisotopic (exact) mass is 285 g/mol. The summed E-state index contributed by atoms with van der Waals surface area (Å²) < 4.78 is 5.27. The molecule has 0 heterocycles. The molecule has 0 bridgehead atoms. The van der Waals surface area contributed by atoms with Gasteiger partial charge in [0.25, 0.3) is 0 Å². The highest BCUT2D eigenvalue weighted by molar-refractivity contribution is 5.76. The second-order valence-electron chi connectivity index (χ2n) is 4.67. The number of benzene rings is 2. The Hall–Kier alpha value is -2.33. The second kappa shape index (κ2) is 7.45. The number of hydrogen-bond donors (Lipinski definition) is 1. The van der Waals surface area contributed by atoms with Gasteiger partial charge in [-0.25, -0.2) is 5.48 Å². The molecule has 0 saturated carbocycles. The van der Waals surface area contributed by atoms with Gasteiger partial charge in [-0.3, -0.25) is 9.63 Å². The molecule has 21 heavy (non-hydrogen) atoms. The smallest absolute Gasteiger partial charge is 0.244 e. The van der Waals surface area contributed by atoms with Crippen LogP contribution in [0.25, 0.3) is 0 Å². The number of ether oxygens (including phenoxy) is 1. The molecule has 1 unspecified atom stereocenters. The molecule has 1 amide bonds. The van der Waals surface area contributed by atoms with E-state index in [0.29, 0.717) is 6.42 Å². The van der Waals surface area contributed by atoms with Crippen molar-refractivity contribution in [2.75, 3.05) is 14.2 Å². The summed E-state index contributed by atoms with van der Waals surface area (Å²) in [6, 6.07) is 17.7. The van der Waals surface area contributed by atoms with Crippen molar-refractivity contribution in [2.45, 2.75) is 12.3 Å². The van der Waals surface area contributed by atoms with Gasteiger partial charge in [0.05, 0.1) is 14.2 Å². The molecule has 0 aliphatic heterocycles. The molecule has 1 atom stereocenters. The van der Waals surface area contributed by atoms with Crippen LogP contribution in [0.1, 0.15) is 23.5 Å². The summed E-state index contributed by atoms with van der Waals surface area (Å²) in [6.45, 7) is 0. The van der Waals surface area contributed by atoms with Crippen LogP contribution < -0.4 is 10.2 Å². The second-order valence-corrected chi connectivity index (χ2v) is 4.67. The third kappa shape index (κ3) is 4.07. The predicted molar refractivity (Wildman–Crippen MR) is 81.0 cm³/mol. The van der Waals surface area contributed by atoms with Gasteiger partial charge in [-0.2, -0.15) is 0 Å². The van der Waals surface area contributed by atoms with Gasteiger partial charge in [-0.05, 0) is 23.3 Å². The summed E-state index contributed by atoms with van der Waals surface area (Å²) in [5, 5.41) is 0. The molecule has 2 aromatic rings. The summed E-state index contributed by atoms with van der Waals surface area (Å²) >= 11 is 0. The first kappa shape index (κ1) is 15.1. The maximum atomic E-state index is 11.9. The Labute approximate surface area is 124 Å². The fourth-order valence-corrected chi connectivity index (χ4v) is 2.31. The highest BCUT2D eigenvalue weighted by atomic mass is 16.6. The topological polar surface area (TPSA) is 47.6 Å². The van der Waals surface area contributed by atoms with Gasteiger partial charge < -0.3 is 4.74 Å². The van der Waals surface area contributed by atoms with Crippen molar-refractivity contribution in [3.05, 3.63) is 65.7 Å². The molecular formula is C17H19NO3. The zero-order chi connectivity index (χ0) is 15.1.